The molecule has 2 rings (SSSR count). The maximum Gasteiger partial charge on any atom is 0.292 e. The van der Waals surface area contributed by atoms with Crippen LogP contribution in [0.1, 0.15) is 25.8 Å². The van der Waals surface area contributed by atoms with Crippen molar-refractivity contribution in [3.63, 3.8) is 0 Å². The van der Waals surface area contributed by atoms with E-state index in [1.807, 2.05) is 45.0 Å². The predicted octanol–water partition coefficient (Wildman–Crippen LogP) is 4.24. The number of nitrogens with zero attached hydrogens (tertiary/aromatic N) is 1. The van der Waals surface area contributed by atoms with Crippen molar-refractivity contribution < 1.29 is 9.72 Å². The fraction of sp³-hybridized carbons (Fsp3) is 0.300. The van der Waals surface area contributed by atoms with Crippen LogP contribution in [0.4, 0.5) is 17.1 Å². The fourth-order valence-electron chi connectivity index (χ4n) is 2.69. The molecule has 0 spiro atoms. The SMILES string of the molecule is Cc1ccccc1NC(=O)C(CC(C)C)NC(=S)Nc1ccccc1[N+](=O)[O-]. The Kier molecular flexibility index (Phi) is 7.45. The second-order valence-corrected chi connectivity index (χ2v) is 7.27. The molecule has 8 heteroatoms. The largest absolute Gasteiger partial charge is 0.351 e. The van der Waals surface area contributed by atoms with Gasteiger partial charge in [0.05, 0.1) is 4.92 Å². The topological polar surface area (TPSA) is 96.3 Å². The monoisotopic (exact) mass is 400 g/mol. The number of carbonyl (C=O) groups is 1. The Morgan fingerprint density at radius 3 is 2.29 bits per heavy atom. The van der Waals surface area contributed by atoms with Gasteiger partial charge in [0, 0.05) is 11.8 Å². The molecular weight excluding hydrogens is 376 g/mol. The molecule has 1 atom stereocenters. The number of amides is 1. The highest BCUT2D eigenvalue weighted by molar-refractivity contribution is 7.80. The summed E-state index contributed by atoms with van der Waals surface area (Å²) in [6, 6.07) is 13.1. The van der Waals surface area contributed by atoms with Crippen LogP contribution in [-0.2, 0) is 4.79 Å². The van der Waals surface area contributed by atoms with E-state index in [1.165, 1.54) is 6.07 Å². The van der Waals surface area contributed by atoms with E-state index in [-0.39, 0.29) is 28.3 Å². The van der Waals surface area contributed by atoms with E-state index in [1.54, 1.807) is 18.2 Å². The Hall–Kier alpha value is -3.00. The minimum absolute atomic E-state index is 0.0866. The number of hydrogen-bond acceptors (Lipinski definition) is 4. The molecule has 3 N–H and O–H groups in total. The number of thiocarbonyl (C=S) groups is 1. The quantitative estimate of drug-likeness (QED) is 0.365. The molecule has 7 nitrogen and oxygen atoms in total. The maximum atomic E-state index is 12.8. The van der Waals surface area contributed by atoms with Gasteiger partial charge in [-0.2, -0.15) is 0 Å². The van der Waals surface area contributed by atoms with Crippen molar-refractivity contribution in [2.75, 3.05) is 10.6 Å². The van der Waals surface area contributed by atoms with Crippen LogP contribution in [0.3, 0.4) is 0 Å². The lowest BCUT2D eigenvalue weighted by Crippen LogP contribution is -2.46. The van der Waals surface area contributed by atoms with Crippen molar-refractivity contribution in [3.05, 3.63) is 64.2 Å². The molecule has 0 radical (unpaired) electrons. The molecule has 148 valence electrons. The minimum atomic E-state index is -0.581. The third-order valence-corrected chi connectivity index (χ3v) is 4.30. The van der Waals surface area contributed by atoms with E-state index >= 15 is 0 Å². The van der Waals surface area contributed by atoms with Gasteiger partial charge in [-0.15, -0.1) is 0 Å². The summed E-state index contributed by atoms with van der Waals surface area (Å²) < 4.78 is 0. The fourth-order valence-corrected chi connectivity index (χ4v) is 2.94. The highest BCUT2D eigenvalue weighted by Gasteiger charge is 2.22. The van der Waals surface area contributed by atoms with Gasteiger partial charge in [-0.25, -0.2) is 0 Å². The molecule has 28 heavy (non-hydrogen) atoms. The average molecular weight is 401 g/mol. The Labute approximate surface area is 169 Å². The number of hydrogen-bond donors (Lipinski definition) is 3. The molecular formula is C20H24N4O3S. The molecule has 2 aromatic carbocycles. The van der Waals surface area contributed by atoms with Crippen molar-refractivity contribution in [3.8, 4) is 0 Å². The number of nitro benzene ring substituents is 1. The molecule has 1 amide bonds. The van der Waals surface area contributed by atoms with E-state index < -0.39 is 11.0 Å². The van der Waals surface area contributed by atoms with Crippen LogP contribution in [0.25, 0.3) is 0 Å². The Bertz CT molecular complexity index is 870. The highest BCUT2D eigenvalue weighted by atomic mass is 32.1. The van der Waals surface area contributed by atoms with E-state index in [0.29, 0.717) is 6.42 Å². The summed E-state index contributed by atoms with van der Waals surface area (Å²) in [5.74, 6) is 0.0312. The number of anilines is 2. The van der Waals surface area contributed by atoms with Crippen molar-refractivity contribution in [1.29, 1.82) is 0 Å². The number of nitrogens with one attached hydrogen (secondary N) is 3. The van der Waals surface area contributed by atoms with Gasteiger partial charge in [0.25, 0.3) is 5.69 Å². The zero-order valence-corrected chi connectivity index (χ0v) is 16.9. The van der Waals surface area contributed by atoms with Crippen LogP contribution in [0.5, 0.6) is 0 Å². The van der Waals surface area contributed by atoms with Crippen molar-refractivity contribution in [2.24, 2.45) is 5.92 Å². The lowest BCUT2D eigenvalue weighted by atomic mass is 10.0. The zero-order chi connectivity index (χ0) is 20.7. The van der Waals surface area contributed by atoms with E-state index in [2.05, 4.69) is 16.0 Å². The normalized spacial score (nSPS) is 11.6. The van der Waals surface area contributed by atoms with Gasteiger partial charge in [-0.3, -0.25) is 14.9 Å². The Morgan fingerprint density at radius 1 is 1.07 bits per heavy atom. The highest BCUT2D eigenvalue weighted by Crippen LogP contribution is 2.23. The molecule has 0 saturated carbocycles. The van der Waals surface area contributed by atoms with Crippen molar-refractivity contribution in [1.82, 2.24) is 5.32 Å². The molecule has 0 aliphatic carbocycles. The smallest absolute Gasteiger partial charge is 0.292 e. The van der Waals surface area contributed by atoms with Gasteiger partial charge in [0.1, 0.15) is 11.7 Å². The molecule has 0 bridgehead atoms. The third kappa shape index (κ3) is 6.02. The number of rotatable bonds is 7. The number of carbonyl (C=O) groups excluding carboxylic acids is 1. The number of aryl methyl sites for hydroxylation is 1. The summed E-state index contributed by atoms with van der Waals surface area (Å²) in [6.07, 6.45) is 0.552. The second kappa shape index (κ2) is 9.80. The van der Waals surface area contributed by atoms with Crippen LogP contribution < -0.4 is 16.0 Å². The van der Waals surface area contributed by atoms with Gasteiger partial charge in [-0.1, -0.05) is 44.2 Å². The zero-order valence-electron chi connectivity index (χ0n) is 16.1. The van der Waals surface area contributed by atoms with Crippen LogP contribution in [0, 0.1) is 23.0 Å². The number of benzene rings is 2. The molecule has 0 saturated heterocycles. The average Bonchev–Trinajstić information content (AvgIpc) is 2.63. The molecule has 0 heterocycles. The van der Waals surface area contributed by atoms with Crippen LogP contribution >= 0.6 is 12.2 Å². The summed E-state index contributed by atoms with van der Waals surface area (Å²) in [5.41, 5.74) is 1.88. The molecule has 0 aliphatic rings. The first kappa shape index (κ1) is 21.3. The van der Waals surface area contributed by atoms with Crippen LogP contribution in [0.15, 0.2) is 48.5 Å². The summed E-state index contributed by atoms with van der Waals surface area (Å²) in [7, 11) is 0. The van der Waals surface area contributed by atoms with E-state index in [0.717, 1.165) is 11.3 Å². The summed E-state index contributed by atoms with van der Waals surface area (Å²) in [4.78, 5) is 23.5. The molecule has 1 unspecified atom stereocenters. The Balaban J connectivity index is 2.11. The minimum Gasteiger partial charge on any atom is -0.351 e. The lowest BCUT2D eigenvalue weighted by Gasteiger charge is -2.22. The molecule has 0 aliphatic heterocycles. The van der Waals surface area contributed by atoms with Crippen molar-refractivity contribution in [2.45, 2.75) is 33.2 Å². The van der Waals surface area contributed by atoms with Gasteiger partial charge >= 0.3 is 0 Å². The van der Waals surface area contributed by atoms with E-state index in [9.17, 15) is 14.9 Å². The second-order valence-electron chi connectivity index (χ2n) is 6.86. The van der Waals surface area contributed by atoms with E-state index in [4.69, 9.17) is 12.2 Å². The summed E-state index contributed by atoms with van der Waals surface area (Å²) in [6.45, 7) is 5.93. The van der Waals surface area contributed by atoms with Gasteiger partial charge < -0.3 is 16.0 Å². The van der Waals surface area contributed by atoms with Gasteiger partial charge in [0.15, 0.2) is 5.11 Å². The van der Waals surface area contributed by atoms with Gasteiger partial charge in [0.2, 0.25) is 5.91 Å². The van der Waals surface area contributed by atoms with Crippen LogP contribution in [-0.4, -0.2) is 22.0 Å². The maximum absolute atomic E-state index is 12.8. The number of nitro groups is 1. The molecule has 0 fully saturated rings. The first-order valence-corrected chi connectivity index (χ1v) is 9.36. The van der Waals surface area contributed by atoms with Crippen molar-refractivity contribution >= 4 is 40.3 Å². The summed E-state index contributed by atoms with van der Waals surface area (Å²) in [5, 5.41) is 20.0. The predicted molar refractivity (Wildman–Crippen MR) is 116 cm³/mol. The standard InChI is InChI=1S/C20H24N4O3S/c1-13(2)12-17(19(25)21-15-9-5-4-8-14(15)3)23-20(28)22-16-10-6-7-11-18(16)24(26)27/h4-11,13,17H,12H2,1-3H3,(H,21,25)(H2,22,23,28). The first-order valence-electron chi connectivity index (χ1n) is 8.95. The summed E-state index contributed by atoms with van der Waals surface area (Å²) >= 11 is 5.30. The molecule has 2 aromatic rings. The third-order valence-electron chi connectivity index (χ3n) is 4.08. The lowest BCUT2D eigenvalue weighted by molar-refractivity contribution is -0.383. The molecule has 0 aromatic heterocycles. The first-order chi connectivity index (χ1) is 13.3. The van der Waals surface area contributed by atoms with Crippen LogP contribution in [0.2, 0.25) is 0 Å². The van der Waals surface area contributed by atoms with Gasteiger partial charge in [-0.05, 0) is 49.2 Å². The Morgan fingerprint density at radius 2 is 1.68 bits per heavy atom. The number of para-hydroxylation sites is 3.